The number of carbonyl (C=O) groups excluding carboxylic acids is 4. The zero-order chi connectivity index (χ0) is 75.2. The number of nitrogens with two attached hydrogens (primary N) is 4. The minimum absolute atomic E-state index is 0.0762. The summed E-state index contributed by atoms with van der Waals surface area (Å²) in [7, 11) is 0. The highest BCUT2D eigenvalue weighted by molar-refractivity contribution is 6.31. The molecule has 0 aliphatic rings. The molecular weight excluding hydrogens is 1380 g/mol. The molecule has 104 heavy (non-hydrogen) atoms. The van der Waals surface area contributed by atoms with Crippen molar-refractivity contribution in [2.24, 2.45) is 22.9 Å². The van der Waals surface area contributed by atoms with Gasteiger partial charge in [0.1, 0.15) is 31.6 Å². The van der Waals surface area contributed by atoms with E-state index in [0.29, 0.717) is 50.1 Å². The Bertz CT molecular complexity index is 4910. The Morgan fingerprint density at radius 3 is 1.09 bits per heavy atom. The van der Waals surface area contributed by atoms with Crippen LogP contribution in [0.2, 0.25) is 5.02 Å². The Hall–Kier alpha value is -13.4. The van der Waals surface area contributed by atoms with Crippen molar-refractivity contribution in [3.63, 3.8) is 0 Å². The van der Waals surface area contributed by atoms with Gasteiger partial charge in [0.05, 0.1) is 38.4 Å². The number of amides is 4. The number of primary amides is 4. The highest BCUT2D eigenvalue weighted by atomic mass is 35.5. The number of nitrogens with zero attached hydrogens (tertiary/aromatic N) is 17. The Balaban J connectivity index is 0.000000161. The molecular formula is C71H59ClF7N21O4. The van der Waals surface area contributed by atoms with Gasteiger partial charge in [0.15, 0.2) is 23.3 Å². The number of aromatic nitrogens is 17. The fraction of sp³-hybridized carbons (Fsp3) is 0.113. The molecule has 8 heterocycles. The third kappa shape index (κ3) is 20.4. The number of aryl methyl sites for hydroxylation is 6. The standard InChI is InChI=1S/C18H16ClN5O.C18H14F3N5O.C18H16FN5O.C17H13F3N6O/c1-11-3-12(2)5-13(4-11)18-22-10-24(23-18)9-16(17(20)25)14-6-15(19)8-21-7-14;1-11-5-13(7-14(6-11)18(19,20)21)17-24-10-26(25-17)9-15(16(22)27)12-3-2-4-23-8-12;1-11-5-12(2)7-14(6-11)18-22-10-24(23-18)9-15(17(20)25)13-3-4-21-16(19)8-13;1-10-2-11(4-13(3-10)17(18,19)20)16-24-9-26(25-16)7-14(15(21)27)12-5-22-8-23-6-12/h3-10H,1-2H3,(H2,20,25);2-10H,1H3,(H2,22,27);3-10H,1-2H3,(H2,20,25);2-9H,1H3,(H2,21,27)/b16-9+;2*15-9+;14-7+. The summed E-state index contributed by atoms with van der Waals surface area (Å²) in [4.78, 5) is 82.6. The van der Waals surface area contributed by atoms with Gasteiger partial charge in [0, 0.05) is 113 Å². The first-order chi connectivity index (χ1) is 49.3. The van der Waals surface area contributed by atoms with E-state index in [2.05, 4.69) is 77.4 Å². The molecule has 12 aromatic rings. The van der Waals surface area contributed by atoms with Crippen LogP contribution in [0.25, 0.3) is 92.6 Å². The Kier molecular flexibility index (Phi) is 23.6. The van der Waals surface area contributed by atoms with E-state index in [0.717, 1.165) is 63.7 Å². The van der Waals surface area contributed by atoms with Gasteiger partial charge in [-0.1, -0.05) is 52.1 Å². The number of halogens is 8. The van der Waals surface area contributed by atoms with Crippen molar-refractivity contribution in [1.29, 1.82) is 0 Å². The maximum absolute atomic E-state index is 13.3. The Labute approximate surface area is 591 Å². The van der Waals surface area contributed by atoms with E-state index >= 15 is 0 Å². The SMILES string of the molecule is Cc1cc(-c2ncn(/C=C(/C(N)=O)c3cccnc3)n2)cc(C(F)(F)F)c1.Cc1cc(-c2ncn(/C=C(/C(N)=O)c3cncnc3)n2)cc(C(F)(F)F)c1.Cc1cc(C)cc(-c2ncn(/C=C(/C(N)=O)c3ccnc(F)c3)n2)c1.Cc1cc(C)cc(-c2ncn(/C=C(/C(N)=O)c3cncc(Cl)c3)n2)c1. The summed E-state index contributed by atoms with van der Waals surface area (Å²) in [5, 5.41) is 17.4. The molecule has 12 rings (SSSR count). The number of hydrogen-bond donors (Lipinski definition) is 4. The molecule has 25 nitrogen and oxygen atoms in total. The van der Waals surface area contributed by atoms with E-state index in [9.17, 15) is 49.9 Å². The average molecular weight is 1440 g/mol. The molecule has 528 valence electrons. The van der Waals surface area contributed by atoms with Gasteiger partial charge in [0.25, 0.3) is 23.6 Å². The van der Waals surface area contributed by atoms with Gasteiger partial charge in [0.2, 0.25) is 5.95 Å². The van der Waals surface area contributed by atoms with Crippen molar-refractivity contribution in [3.05, 3.63) is 256 Å². The summed E-state index contributed by atoms with van der Waals surface area (Å²) in [6.07, 6.45) is 13.5. The molecule has 0 spiro atoms. The highest BCUT2D eigenvalue weighted by Gasteiger charge is 2.32. The first-order valence-electron chi connectivity index (χ1n) is 30.5. The molecule has 0 radical (unpaired) electrons. The Morgan fingerprint density at radius 1 is 0.385 bits per heavy atom. The van der Waals surface area contributed by atoms with Gasteiger partial charge in [-0.3, -0.25) is 29.1 Å². The highest BCUT2D eigenvalue weighted by Crippen LogP contribution is 2.35. The lowest BCUT2D eigenvalue weighted by molar-refractivity contribution is -0.138. The Morgan fingerprint density at radius 2 is 0.731 bits per heavy atom. The molecule has 0 unspecified atom stereocenters. The van der Waals surface area contributed by atoms with Crippen molar-refractivity contribution in [1.82, 2.24) is 84.0 Å². The van der Waals surface area contributed by atoms with Gasteiger partial charge >= 0.3 is 12.4 Å². The third-order valence-corrected chi connectivity index (χ3v) is 14.5. The van der Waals surface area contributed by atoms with Crippen LogP contribution < -0.4 is 22.9 Å². The van der Waals surface area contributed by atoms with E-state index in [1.165, 1.54) is 118 Å². The summed E-state index contributed by atoms with van der Waals surface area (Å²) in [5.74, 6) is -2.18. The van der Waals surface area contributed by atoms with Crippen LogP contribution >= 0.6 is 11.6 Å². The van der Waals surface area contributed by atoms with Crippen molar-refractivity contribution < 1.29 is 49.9 Å². The molecule has 4 amide bonds. The predicted molar refractivity (Wildman–Crippen MR) is 373 cm³/mol. The normalized spacial score (nSPS) is 11.9. The topological polar surface area (TPSA) is 360 Å². The number of hydrogen-bond acceptors (Lipinski definition) is 17. The fourth-order valence-corrected chi connectivity index (χ4v) is 10.2. The van der Waals surface area contributed by atoms with Gasteiger partial charge < -0.3 is 22.9 Å². The van der Waals surface area contributed by atoms with Gasteiger partial charge in [-0.25, -0.2) is 53.6 Å². The number of rotatable bonds is 16. The molecule has 0 atom stereocenters. The molecule has 0 aliphatic heterocycles. The lowest BCUT2D eigenvalue weighted by Crippen LogP contribution is -2.14. The maximum Gasteiger partial charge on any atom is 0.416 e. The van der Waals surface area contributed by atoms with Gasteiger partial charge in [-0.15, -0.1) is 20.4 Å². The monoisotopic (exact) mass is 1440 g/mol. The summed E-state index contributed by atoms with van der Waals surface area (Å²) in [6, 6.07) is 26.8. The number of pyridine rings is 3. The van der Waals surface area contributed by atoms with Gasteiger partial charge in [-0.05, 0) is 137 Å². The second kappa shape index (κ2) is 32.7. The van der Waals surface area contributed by atoms with Crippen molar-refractivity contribution >= 4 is 82.3 Å². The van der Waals surface area contributed by atoms with E-state index in [1.807, 2.05) is 52.0 Å². The van der Waals surface area contributed by atoms with Crippen LogP contribution in [0.3, 0.4) is 0 Å². The minimum atomic E-state index is -4.48. The lowest BCUT2D eigenvalue weighted by Gasteiger charge is -2.09. The number of alkyl halides is 6. The van der Waals surface area contributed by atoms with Crippen molar-refractivity contribution in [3.8, 4) is 45.6 Å². The molecule has 8 N–H and O–H groups in total. The maximum atomic E-state index is 13.3. The van der Waals surface area contributed by atoms with E-state index in [4.69, 9.17) is 34.5 Å². The second-order valence-electron chi connectivity index (χ2n) is 22.9. The quantitative estimate of drug-likeness (QED) is 0.0396. The van der Waals surface area contributed by atoms with Crippen LogP contribution in [0.5, 0.6) is 0 Å². The van der Waals surface area contributed by atoms with E-state index < -0.39 is 53.1 Å². The number of benzene rings is 4. The predicted octanol–water partition coefficient (Wildman–Crippen LogP) is 11.4. The number of carbonyl (C=O) groups is 4. The largest absolute Gasteiger partial charge is 0.416 e. The average Bonchev–Trinajstić information content (AvgIpc) is 1.20. The van der Waals surface area contributed by atoms with Crippen LogP contribution in [0.4, 0.5) is 30.7 Å². The van der Waals surface area contributed by atoms with E-state index in [1.54, 1.807) is 50.4 Å². The summed E-state index contributed by atoms with van der Waals surface area (Å²) in [5.41, 5.74) is 29.9. The zero-order valence-electron chi connectivity index (χ0n) is 55.6. The molecule has 0 saturated carbocycles. The third-order valence-electron chi connectivity index (χ3n) is 14.3. The molecule has 0 fully saturated rings. The lowest BCUT2D eigenvalue weighted by atomic mass is 10.1. The first-order valence-corrected chi connectivity index (χ1v) is 30.9. The zero-order valence-corrected chi connectivity index (χ0v) is 56.4. The van der Waals surface area contributed by atoms with Crippen LogP contribution in [-0.4, -0.2) is 108 Å². The fourth-order valence-electron chi connectivity index (χ4n) is 9.98. The molecule has 4 aromatic carbocycles. The van der Waals surface area contributed by atoms with E-state index in [-0.39, 0.29) is 45.1 Å². The molecule has 8 aromatic heterocycles. The van der Waals surface area contributed by atoms with Crippen LogP contribution in [-0.2, 0) is 31.5 Å². The molecule has 0 aliphatic carbocycles. The summed E-state index contributed by atoms with van der Waals surface area (Å²) in [6.45, 7) is 11.1. The second-order valence-corrected chi connectivity index (χ2v) is 23.3. The molecule has 33 heteroatoms. The van der Waals surface area contributed by atoms with Crippen LogP contribution in [0.15, 0.2) is 178 Å². The van der Waals surface area contributed by atoms with Crippen molar-refractivity contribution in [2.45, 2.75) is 53.9 Å². The summed E-state index contributed by atoms with van der Waals surface area (Å²) < 4.78 is 96.6. The van der Waals surface area contributed by atoms with Gasteiger partial charge in [-0.2, -0.15) is 30.7 Å². The van der Waals surface area contributed by atoms with Crippen molar-refractivity contribution in [2.75, 3.05) is 0 Å². The smallest absolute Gasteiger partial charge is 0.366 e. The molecule has 0 bridgehead atoms. The van der Waals surface area contributed by atoms with Crippen LogP contribution in [0, 0.1) is 47.5 Å². The first kappa shape index (κ1) is 74.8. The molecule has 0 saturated heterocycles. The van der Waals surface area contributed by atoms with Crippen LogP contribution in [0.1, 0.15) is 66.8 Å². The minimum Gasteiger partial charge on any atom is -0.366 e. The summed E-state index contributed by atoms with van der Waals surface area (Å²) >= 11 is 5.93.